The Morgan fingerprint density at radius 3 is 2.59 bits per heavy atom. The van der Waals surface area contributed by atoms with E-state index in [9.17, 15) is 9.59 Å². The predicted octanol–water partition coefficient (Wildman–Crippen LogP) is 1.75. The van der Waals surface area contributed by atoms with Crippen LogP contribution in [0.1, 0.15) is 31.2 Å². The van der Waals surface area contributed by atoms with Crippen molar-refractivity contribution in [2.45, 2.75) is 38.6 Å². The first kappa shape index (κ1) is 18.5. The van der Waals surface area contributed by atoms with Gasteiger partial charge in [0.05, 0.1) is 0 Å². The van der Waals surface area contributed by atoms with Crippen LogP contribution in [0.4, 0.5) is 5.69 Å². The van der Waals surface area contributed by atoms with Crippen molar-refractivity contribution in [3.8, 4) is 0 Å². The van der Waals surface area contributed by atoms with Crippen molar-refractivity contribution in [3.05, 3.63) is 29.8 Å². The van der Waals surface area contributed by atoms with Gasteiger partial charge in [-0.25, -0.2) is 0 Å². The number of carbonyl (C=O) groups excluding carboxylic acids is 2. The molecule has 2 amide bonds. The van der Waals surface area contributed by atoms with Gasteiger partial charge in [-0.1, -0.05) is 12.1 Å². The van der Waals surface area contributed by atoms with Crippen LogP contribution in [-0.2, 0) is 9.59 Å². The molecule has 1 saturated carbocycles. The Labute approximate surface area is 137 Å². The summed E-state index contributed by atoms with van der Waals surface area (Å²) in [6, 6.07) is 7.84. The Morgan fingerprint density at radius 2 is 2.05 bits per heavy atom. The molecule has 1 aromatic carbocycles. The lowest BCUT2D eigenvalue weighted by molar-refractivity contribution is -0.122. The van der Waals surface area contributed by atoms with Crippen molar-refractivity contribution in [3.63, 3.8) is 0 Å². The number of anilines is 1. The molecular weight excluding hydrogens is 302 g/mol. The van der Waals surface area contributed by atoms with Gasteiger partial charge >= 0.3 is 0 Å². The van der Waals surface area contributed by atoms with Crippen LogP contribution in [0.5, 0.6) is 0 Å². The number of carbonyl (C=O) groups is 2. The highest BCUT2D eigenvalue weighted by Crippen LogP contribution is 2.28. The second-order valence-electron chi connectivity index (χ2n) is 5.82. The summed E-state index contributed by atoms with van der Waals surface area (Å²) in [7, 11) is 0. The fraction of sp³-hybridized carbons (Fsp3) is 0.500. The third-order valence-corrected chi connectivity index (χ3v) is 3.98. The van der Waals surface area contributed by atoms with E-state index in [1.807, 2.05) is 31.2 Å². The Balaban J connectivity index is 0.00000242. The molecule has 0 aliphatic heterocycles. The van der Waals surface area contributed by atoms with Crippen molar-refractivity contribution < 1.29 is 9.59 Å². The highest BCUT2D eigenvalue weighted by molar-refractivity contribution is 5.96. The molecule has 2 rings (SSSR count). The number of primary amides is 1. The first-order chi connectivity index (χ1) is 9.97. The van der Waals surface area contributed by atoms with E-state index in [2.05, 4.69) is 0 Å². The number of nitrogens with two attached hydrogens (primary N) is 2. The van der Waals surface area contributed by atoms with Crippen molar-refractivity contribution in [2.24, 2.45) is 17.4 Å². The number of halogens is 1. The predicted molar refractivity (Wildman–Crippen MR) is 89.9 cm³/mol. The van der Waals surface area contributed by atoms with Gasteiger partial charge < -0.3 is 16.4 Å². The summed E-state index contributed by atoms with van der Waals surface area (Å²) in [6.07, 6.45) is 2.59. The van der Waals surface area contributed by atoms with Gasteiger partial charge in [0.2, 0.25) is 11.8 Å². The van der Waals surface area contributed by atoms with Crippen LogP contribution in [0.25, 0.3) is 0 Å². The summed E-state index contributed by atoms with van der Waals surface area (Å²) in [4.78, 5) is 25.5. The molecule has 0 heterocycles. The normalized spacial score (nSPS) is 20.3. The van der Waals surface area contributed by atoms with E-state index in [0.29, 0.717) is 6.54 Å². The second-order valence-corrected chi connectivity index (χ2v) is 5.82. The van der Waals surface area contributed by atoms with Gasteiger partial charge in [0.25, 0.3) is 0 Å². The lowest BCUT2D eigenvalue weighted by Gasteiger charge is -2.26. The van der Waals surface area contributed by atoms with Gasteiger partial charge in [-0.05, 0) is 43.9 Å². The molecule has 0 aromatic heterocycles. The van der Waals surface area contributed by atoms with Crippen molar-refractivity contribution >= 4 is 29.9 Å². The first-order valence-corrected chi connectivity index (χ1v) is 7.39. The molecule has 6 heteroatoms. The van der Waals surface area contributed by atoms with Crippen LogP contribution in [0.2, 0.25) is 0 Å². The lowest BCUT2D eigenvalue weighted by atomic mass is 10.0. The second kappa shape index (κ2) is 8.15. The van der Waals surface area contributed by atoms with E-state index in [4.69, 9.17) is 11.5 Å². The average molecular weight is 326 g/mol. The zero-order valence-corrected chi connectivity index (χ0v) is 13.6. The molecule has 0 spiro atoms. The van der Waals surface area contributed by atoms with Gasteiger partial charge in [-0.3, -0.25) is 9.59 Å². The van der Waals surface area contributed by atoms with Gasteiger partial charge in [-0.2, -0.15) is 0 Å². The SMILES string of the molecule is Cc1cccc(N(CCC(N)=O)C(=O)C2CCC(N)C2)c1.Cl. The largest absolute Gasteiger partial charge is 0.370 e. The van der Waals surface area contributed by atoms with Gasteiger partial charge in [0.15, 0.2) is 0 Å². The summed E-state index contributed by atoms with van der Waals surface area (Å²) >= 11 is 0. The van der Waals surface area contributed by atoms with Crippen LogP contribution >= 0.6 is 12.4 Å². The molecule has 2 unspecified atom stereocenters. The molecule has 0 radical (unpaired) electrons. The highest BCUT2D eigenvalue weighted by atomic mass is 35.5. The molecule has 122 valence electrons. The van der Waals surface area contributed by atoms with E-state index < -0.39 is 5.91 Å². The van der Waals surface area contributed by atoms with Crippen molar-refractivity contribution in [1.82, 2.24) is 0 Å². The Morgan fingerprint density at radius 1 is 1.32 bits per heavy atom. The Bertz CT molecular complexity index is 536. The monoisotopic (exact) mass is 325 g/mol. The van der Waals surface area contributed by atoms with Gasteiger partial charge in [0.1, 0.15) is 0 Å². The Hall–Kier alpha value is -1.59. The lowest BCUT2D eigenvalue weighted by Crippen LogP contribution is -2.38. The van der Waals surface area contributed by atoms with Crippen LogP contribution < -0.4 is 16.4 Å². The molecule has 1 fully saturated rings. The zero-order chi connectivity index (χ0) is 15.4. The average Bonchev–Trinajstić information content (AvgIpc) is 2.85. The fourth-order valence-corrected chi connectivity index (χ4v) is 2.85. The number of nitrogens with zero attached hydrogens (tertiary/aromatic N) is 1. The van der Waals surface area contributed by atoms with Gasteiger partial charge in [-0.15, -0.1) is 12.4 Å². The maximum atomic E-state index is 12.7. The quantitative estimate of drug-likeness (QED) is 0.864. The molecule has 1 aliphatic rings. The molecule has 22 heavy (non-hydrogen) atoms. The fourth-order valence-electron chi connectivity index (χ4n) is 2.85. The summed E-state index contributed by atoms with van der Waals surface area (Å²) in [5.41, 5.74) is 13.0. The van der Waals surface area contributed by atoms with Crippen LogP contribution in [0.15, 0.2) is 24.3 Å². The first-order valence-electron chi connectivity index (χ1n) is 7.39. The summed E-state index contributed by atoms with van der Waals surface area (Å²) in [5.74, 6) is -0.397. The molecule has 0 bridgehead atoms. The molecular formula is C16H24ClN3O2. The van der Waals surface area contributed by atoms with Crippen LogP contribution in [-0.4, -0.2) is 24.4 Å². The molecule has 1 aromatic rings. The van der Waals surface area contributed by atoms with E-state index >= 15 is 0 Å². The third-order valence-electron chi connectivity index (χ3n) is 3.98. The summed E-state index contributed by atoms with van der Waals surface area (Å²) in [6.45, 7) is 2.30. The minimum atomic E-state index is -0.399. The number of benzene rings is 1. The standard InChI is InChI=1S/C16H23N3O2.ClH/c1-11-3-2-4-14(9-11)19(8-7-15(18)20)16(21)12-5-6-13(17)10-12;/h2-4,9,12-13H,5-8,10,17H2,1H3,(H2,18,20);1H. The minimum absolute atomic E-state index is 0. The van der Waals surface area contributed by atoms with E-state index in [-0.39, 0.29) is 36.7 Å². The minimum Gasteiger partial charge on any atom is -0.370 e. The number of hydrogen-bond acceptors (Lipinski definition) is 3. The highest BCUT2D eigenvalue weighted by Gasteiger charge is 2.31. The zero-order valence-electron chi connectivity index (χ0n) is 12.8. The van der Waals surface area contributed by atoms with Crippen LogP contribution in [0.3, 0.4) is 0 Å². The summed E-state index contributed by atoms with van der Waals surface area (Å²) < 4.78 is 0. The topological polar surface area (TPSA) is 89.4 Å². The number of aryl methyl sites for hydroxylation is 1. The maximum Gasteiger partial charge on any atom is 0.230 e. The maximum absolute atomic E-state index is 12.7. The van der Waals surface area contributed by atoms with Crippen molar-refractivity contribution in [1.29, 1.82) is 0 Å². The summed E-state index contributed by atoms with van der Waals surface area (Å²) in [5, 5.41) is 0. The van der Waals surface area contributed by atoms with Crippen LogP contribution in [0, 0.1) is 12.8 Å². The van der Waals surface area contributed by atoms with E-state index in [0.717, 1.165) is 30.5 Å². The molecule has 1 aliphatic carbocycles. The van der Waals surface area contributed by atoms with Gasteiger partial charge in [0, 0.05) is 30.6 Å². The Kier molecular flexibility index (Phi) is 6.84. The van der Waals surface area contributed by atoms with E-state index in [1.165, 1.54) is 0 Å². The smallest absolute Gasteiger partial charge is 0.230 e. The number of amides is 2. The van der Waals surface area contributed by atoms with E-state index in [1.54, 1.807) is 4.90 Å². The number of rotatable bonds is 5. The molecule has 0 saturated heterocycles. The number of hydrogen-bond donors (Lipinski definition) is 2. The molecule has 2 atom stereocenters. The van der Waals surface area contributed by atoms with Crippen molar-refractivity contribution in [2.75, 3.05) is 11.4 Å². The third kappa shape index (κ3) is 4.71. The molecule has 5 nitrogen and oxygen atoms in total. The molecule has 4 N–H and O–H groups in total.